The second-order valence-corrected chi connectivity index (χ2v) is 5.76. The molecule has 1 aromatic rings. The molecule has 110 valence electrons. The minimum Gasteiger partial charge on any atom is -0.465 e. The topological polar surface area (TPSA) is 38.3 Å². The lowest BCUT2D eigenvalue weighted by molar-refractivity contribution is 0.0600. The first-order chi connectivity index (χ1) is 9.70. The van der Waals surface area contributed by atoms with Crippen molar-refractivity contribution in [3.8, 4) is 0 Å². The molecule has 0 aliphatic heterocycles. The van der Waals surface area contributed by atoms with Crippen molar-refractivity contribution in [1.29, 1.82) is 0 Å². The largest absolute Gasteiger partial charge is 0.465 e. The molecule has 0 aromatic heterocycles. The van der Waals surface area contributed by atoms with E-state index >= 15 is 0 Å². The van der Waals surface area contributed by atoms with Crippen LogP contribution in [0.25, 0.3) is 0 Å². The van der Waals surface area contributed by atoms with Gasteiger partial charge in [-0.05, 0) is 43.4 Å². The lowest BCUT2D eigenvalue weighted by Crippen LogP contribution is -2.34. The molecule has 3 nitrogen and oxygen atoms in total. The summed E-state index contributed by atoms with van der Waals surface area (Å²) >= 11 is 0. The Morgan fingerprint density at radius 2 is 1.90 bits per heavy atom. The summed E-state index contributed by atoms with van der Waals surface area (Å²) in [5, 5.41) is 3.62. The van der Waals surface area contributed by atoms with Crippen molar-refractivity contribution in [2.24, 2.45) is 5.92 Å². The summed E-state index contributed by atoms with van der Waals surface area (Å²) in [7, 11) is 1.41. The Bertz CT molecular complexity index is 421. The smallest absolute Gasteiger partial charge is 0.337 e. The summed E-state index contributed by atoms with van der Waals surface area (Å²) in [4.78, 5) is 11.4. The Hall–Kier alpha value is -1.35. The number of benzene rings is 1. The molecule has 0 saturated heterocycles. The minimum absolute atomic E-state index is 0.278. The van der Waals surface area contributed by atoms with Gasteiger partial charge in [-0.3, -0.25) is 0 Å². The number of carbonyl (C=O) groups excluding carboxylic acids is 1. The molecule has 0 bridgehead atoms. The van der Waals surface area contributed by atoms with Crippen molar-refractivity contribution in [1.82, 2.24) is 5.32 Å². The van der Waals surface area contributed by atoms with Crippen molar-refractivity contribution in [3.05, 3.63) is 35.4 Å². The van der Waals surface area contributed by atoms with Crippen LogP contribution in [-0.4, -0.2) is 19.1 Å². The Morgan fingerprint density at radius 3 is 2.50 bits per heavy atom. The van der Waals surface area contributed by atoms with Crippen molar-refractivity contribution in [3.63, 3.8) is 0 Å². The molecule has 1 aliphatic carbocycles. The number of ether oxygens (including phenoxy) is 1. The van der Waals surface area contributed by atoms with Gasteiger partial charge in [0.25, 0.3) is 0 Å². The lowest BCUT2D eigenvalue weighted by atomic mass is 9.84. The first kappa shape index (κ1) is 15.0. The van der Waals surface area contributed by atoms with Crippen molar-refractivity contribution < 1.29 is 9.53 Å². The van der Waals surface area contributed by atoms with E-state index in [1.807, 2.05) is 24.3 Å². The van der Waals surface area contributed by atoms with Gasteiger partial charge >= 0.3 is 5.97 Å². The lowest BCUT2D eigenvalue weighted by Gasteiger charge is -2.28. The zero-order chi connectivity index (χ0) is 14.4. The van der Waals surface area contributed by atoms with E-state index in [4.69, 9.17) is 4.74 Å². The Balaban J connectivity index is 1.82. The average Bonchev–Trinajstić information content (AvgIpc) is 2.53. The summed E-state index contributed by atoms with van der Waals surface area (Å²) < 4.78 is 4.70. The molecule has 3 heteroatoms. The van der Waals surface area contributed by atoms with E-state index in [1.165, 1.54) is 44.8 Å². The average molecular weight is 275 g/mol. The first-order valence-electron chi connectivity index (χ1n) is 7.61. The molecule has 0 heterocycles. The summed E-state index contributed by atoms with van der Waals surface area (Å²) in [6, 6.07) is 8.21. The zero-order valence-corrected chi connectivity index (χ0v) is 12.5. The van der Waals surface area contributed by atoms with E-state index in [0.717, 1.165) is 12.5 Å². The fourth-order valence-corrected chi connectivity index (χ4v) is 2.96. The second kappa shape index (κ2) is 7.44. The Kier molecular flexibility index (Phi) is 5.60. The standard InChI is InChI=1S/C17H25NO2/c1-13(15-6-4-3-5-7-15)18-12-14-8-10-16(11-9-14)17(19)20-2/h8-11,13,15,18H,3-7,12H2,1-2H3. The molecule has 1 N–H and O–H groups in total. The molecule has 1 fully saturated rings. The van der Waals surface area contributed by atoms with Gasteiger partial charge in [-0.2, -0.15) is 0 Å². The molecule has 2 rings (SSSR count). The van der Waals surface area contributed by atoms with Gasteiger partial charge in [0.2, 0.25) is 0 Å². The van der Waals surface area contributed by atoms with E-state index in [2.05, 4.69) is 12.2 Å². The third kappa shape index (κ3) is 4.07. The van der Waals surface area contributed by atoms with Gasteiger partial charge in [0.05, 0.1) is 12.7 Å². The molecular formula is C17H25NO2. The molecule has 1 aromatic carbocycles. The first-order valence-corrected chi connectivity index (χ1v) is 7.61. The Morgan fingerprint density at radius 1 is 1.25 bits per heavy atom. The zero-order valence-electron chi connectivity index (χ0n) is 12.5. The number of hydrogen-bond acceptors (Lipinski definition) is 3. The third-order valence-electron chi connectivity index (χ3n) is 4.36. The fraction of sp³-hybridized carbons (Fsp3) is 0.588. The van der Waals surface area contributed by atoms with Crippen LogP contribution >= 0.6 is 0 Å². The van der Waals surface area contributed by atoms with Crippen LogP contribution in [0, 0.1) is 5.92 Å². The number of carbonyl (C=O) groups is 1. The summed E-state index contributed by atoms with van der Waals surface area (Å²) in [6.07, 6.45) is 6.87. The number of rotatable bonds is 5. The predicted molar refractivity (Wildman–Crippen MR) is 80.7 cm³/mol. The Labute approximate surface area is 121 Å². The minimum atomic E-state index is -0.278. The van der Waals surface area contributed by atoms with Crippen LogP contribution in [0.2, 0.25) is 0 Å². The molecule has 1 unspecified atom stereocenters. The van der Waals surface area contributed by atoms with Crippen LogP contribution in [0.3, 0.4) is 0 Å². The SMILES string of the molecule is COC(=O)c1ccc(CNC(C)C2CCCCC2)cc1. The second-order valence-electron chi connectivity index (χ2n) is 5.76. The molecule has 0 radical (unpaired) electrons. The van der Waals surface area contributed by atoms with Crippen LogP contribution in [-0.2, 0) is 11.3 Å². The van der Waals surface area contributed by atoms with Crippen molar-refractivity contribution in [2.45, 2.75) is 51.6 Å². The highest BCUT2D eigenvalue weighted by Crippen LogP contribution is 2.26. The van der Waals surface area contributed by atoms with E-state index < -0.39 is 0 Å². The highest BCUT2D eigenvalue weighted by Gasteiger charge is 2.19. The number of hydrogen-bond donors (Lipinski definition) is 1. The summed E-state index contributed by atoms with van der Waals surface area (Å²) in [5.41, 5.74) is 1.82. The summed E-state index contributed by atoms with van der Waals surface area (Å²) in [6.45, 7) is 3.15. The quantitative estimate of drug-likeness (QED) is 0.835. The van der Waals surface area contributed by atoms with Gasteiger partial charge in [0.15, 0.2) is 0 Å². The molecule has 0 amide bonds. The van der Waals surface area contributed by atoms with Crippen molar-refractivity contribution >= 4 is 5.97 Å². The van der Waals surface area contributed by atoms with Crippen LogP contribution in [0.4, 0.5) is 0 Å². The van der Waals surface area contributed by atoms with Gasteiger partial charge in [-0.25, -0.2) is 4.79 Å². The normalized spacial score (nSPS) is 17.7. The predicted octanol–water partition coefficient (Wildman–Crippen LogP) is 3.53. The molecular weight excluding hydrogens is 250 g/mol. The fourth-order valence-electron chi connectivity index (χ4n) is 2.96. The molecule has 1 saturated carbocycles. The van der Waals surface area contributed by atoms with Crippen LogP contribution in [0.1, 0.15) is 54.9 Å². The number of esters is 1. The highest BCUT2D eigenvalue weighted by atomic mass is 16.5. The van der Waals surface area contributed by atoms with Gasteiger partial charge in [-0.15, -0.1) is 0 Å². The highest BCUT2D eigenvalue weighted by molar-refractivity contribution is 5.89. The van der Waals surface area contributed by atoms with Crippen LogP contribution in [0.15, 0.2) is 24.3 Å². The van der Waals surface area contributed by atoms with E-state index in [0.29, 0.717) is 11.6 Å². The van der Waals surface area contributed by atoms with Gasteiger partial charge in [-0.1, -0.05) is 31.4 Å². The van der Waals surface area contributed by atoms with E-state index in [1.54, 1.807) is 0 Å². The third-order valence-corrected chi connectivity index (χ3v) is 4.36. The molecule has 1 aliphatic rings. The van der Waals surface area contributed by atoms with Crippen LogP contribution < -0.4 is 5.32 Å². The maximum Gasteiger partial charge on any atom is 0.337 e. The van der Waals surface area contributed by atoms with E-state index in [-0.39, 0.29) is 5.97 Å². The monoisotopic (exact) mass is 275 g/mol. The number of nitrogens with one attached hydrogen (secondary N) is 1. The van der Waals surface area contributed by atoms with Crippen LogP contribution in [0.5, 0.6) is 0 Å². The maximum atomic E-state index is 11.4. The van der Waals surface area contributed by atoms with Crippen molar-refractivity contribution in [2.75, 3.05) is 7.11 Å². The van der Waals surface area contributed by atoms with E-state index in [9.17, 15) is 4.79 Å². The molecule has 0 spiro atoms. The summed E-state index contributed by atoms with van der Waals surface area (Å²) in [5.74, 6) is 0.540. The van der Waals surface area contributed by atoms with Gasteiger partial charge in [0, 0.05) is 12.6 Å². The van der Waals surface area contributed by atoms with Gasteiger partial charge in [0.1, 0.15) is 0 Å². The van der Waals surface area contributed by atoms with Gasteiger partial charge < -0.3 is 10.1 Å². The number of methoxy groups -OCH3 is 1. The molecule has 1 atom stereocenters. The molecule has 20 heavy (non-hydrogen) atoms. The maximum absolute atomic E-state index is 11.4.